The first-order valence-corrected chi connectivity index (χ1v) is 9.75. The van der Waals surface area contributed by atoms with Crippen LogP contribution in [0.3, 0.4) is 0 Å². The third kappa shape index (κ3) is 3.42. The van der Waals surface area contributed by atoms with E-state index in [1.165, 1.54) is 34.5 Å². The second-order valence-corrected chi connectivity index (χ2v) is 7.45. The summed E-state index contributed by atoms with van der Waals surface area (Å²) < 4.78 is 5.27. The molecule has 1 saturated heterocycles. The molecule has 2 aromatic carbocycles. The van der Waals surface area contributed by atoms with E-state index in [-0.39, 0.29) is 0 Å². The van der Waals surface area contributed by atoms with Gasteiger partial charge in [0.15, 0.2) is 0 Å². The molecule has 2 nitrogen and oxygen atoms in total. The maximum Gasteiger partial charge on any atom is 0.118 e. The van der Waals surface area contributed by atoms with Crippen LogP contribution in [0.15, 0.2) is 66.0 Å². The van der Waals surface area contributed by atoms with Gasteiger partial charge in [0.2, 0.25) is 0 Å². The molecule has 0 radical (unpaired) electrons. The molecule has 3 aromatic rings. The molecule has 0 amide bonds. The third-order valence-electron chi connectivity index (χ3n) is 5.10. The predicted octanol–water partition coefficient (Wildman–Crippen LogP) is 5.81. The van der Waals surface area contributed by atoms with E-state index in [1.54, 1.807) is 7.11 Å². The standard InChI is InChI=1S/C22H23NOS/c1-24-20-9-7-17(8-10-20)18-11-14-23(15-12-18)21-13-16-25-22(21)19-5-3-2-4-6-19/h2-10,13,16,18H,11-12,14-15H2,1H3. The molecule has 0 bridgehead atoms. The average molecular weight is 349 g/mol. The first-order chi connectivity index (χ1) is 12.3. The molecule has 1 aromatic heterocycles. The highest BCUT2D eigenvalue weighted by atomic mass is 32.1. The molecule has 2 heterocycles. The lowest BCUT2D eigenvalue weighted by molar-refractivity contribution is 0.414. The van der Waals surface area contributed by atoms with Crippen LogP contribution in [-0.2, 0) is 0 Å². The van der Waals surface area contributed by atoms with Crippen LogP contribution < -0.4 is 9.64 Å². The van der Waals surface area contributed by atoms with Crippen molar-refractivity contribution in [3.05, 3.63) is 71.6 Å². The van der Waals surface area contributed by atoms with Gasteiger partial charge in [-0.3, -0.25) is 0 Å². The van der Waals surface area contributed by atoms with E-state index >= 15 is 0 Å². The Morgan fingerprint density at radius 3 is 2.32 bits per heavy atom. The summed E-state index contributed by atoms with van der Waals surface area (Å²) in [5.41, 5.74) is 4.16. The Kier molecular flexibility index (Phi) is 4.75. The van der Waals surface area contributed by atoms with Crippen molar-refractivity contribution in [3.63, 3.8) is 0 Å². The number of benzene rings is 2. The Labute approximate surface area is 153 Å². The van der Waals surface area contributed by atoms with Gasteiger partial charge in [-0.2, -0.15) is 0 Å². The first kappa shape index (κ1) is 16.2. The van der Waals surface area contributed by atoms with Crippen molar-refractivity contribution in [3.8, 4) is 16.2 Å². The first-order valence-electron chi connectivity index (χ1n) is 8.87. The van der Waals surface area contributed by atoms with Crippen molar-refractivity contribution in [2.45, 2.75) is 18.8 Å². The van der Waals surface area contributed by atoms with Crippen LogP contribution in [0.1, 0.15) is 24.3 Å². The van der Waals surface area contributed by atoms with E-state index in [0.717, 1.165) is 18.8 Å². The van der Waals surface area contributed by atoms with Gasteiger partial charge in [-0.25, -0.2) is 0 Å². The molecule has 4 rings (SSSR count). The number of methoxy groups -OCH3 is 1. The molecule has 1 aliphatic heterocycles. The summed E-state index contributed by atoms with van der Waals surface area (Å²) in [6.45, 7) is 2.24. The largest absolute Gasteiger partial charge is 0.497 e. The van der Waals surface area contributed by atoms with Gasteiger partial charge in [0.1, 0.15) is 5.75 Å². The molecule has 0 N–H and O–H groups in total. The van der Waals surface area contributed by atoms with Gasteiger partial charge in [0.25, 0.3) is 0 Å². The fourth-order valence-electron chi connectivity index (χ4n) is 3.69. The molecule has 0 spiro atoms. The molecule has 1 fully saturated rings. The van der Waals surface area contributed by atoms with E-state index in [9.17, 15) is 0 Å². The van der Waals surface area contributed by atoms with Gasteiger partial charge in [0.05, 0.1) is 17.7 Å². The Balaban J connectivity index is 1.46. The van der Waals surface area contributed by atoms with Gasteiger partial charge in [-0.15, -0.1) is 11.3 Å². The van der Waals surface area contributed by atoms with Crippen molar-refractivity contribution in [2.24, 2.45) is 0 Å². The number of thiophene rings is 1. The van der Waals surface area contributed by atoms with Crippen molar-refractivity contribution < 1.29 is 4.74 Å². The zero-order valence-corrected chi connectivity index (χ0v) is 15.3. The number of nitrogens with zero attached hydrogens (tertiary/aromatic N) is 1. The van der Waals surface area contributed by atoms with Gasteiger partial charge < -0.3 is 9.64 Å². The lowest BCUT2D eigenvalue weighted by atomic mass is 9.89. The van der Waals surface area contributed by atoms with Crippen LogP contribution >= 0.6 is 11.3 Å². The zero-order chi connectivity index (χ0) is 17.1. The maximum absolute atomic E-state index is 5.27. The highest BCUT2D eigenvalue weighted by Crippen LogP contribution is 2.39. The second-order valence-electron chi connectivity index (χ2n) is 6.54. The summed E-state index contributed by atoms with van der Waals surface area (Å²) in [5, 5.41) is 2.22. The fraction of sp³-hybridized carbons (Fsp3) is 0.273. The molecule has 0 atom stereocenters. The second kappa shape index (κ2) is 7.32. The van der Waals surface area contributed by atoms with Crippen molar-refractivity contribution in [2.75, 3.05) is 25.1 Å². The molecule has 3 heteroatoms. The van der Waals surface area contributed by atoms with Crippen molar-refractivity contribution in [1.82, 2.24) is 0 Å². The zero-order valence-electron chi connectivity index (χ0n) is 14.5. The van der Waals surface area contributed by atoms with Crippen LogP contribution in [0.25, 0.3) is 10.4 Å². The summed E-state index contributed by atoms with van der Waals surface area (Å²) >= 11 is 1.84. The molecular formula is C22H23NOS. The molecule has 1 aliphatic rings. The Bertz CT molecular complexity index is 802. The van der Waals surface area contributed by atoms with Gasteiger partial charge >= 0.3 is 0 Å². The molecule has 25 heavy (non-hydrogen) atoms. The number of hydrogen-bond acceptors (Lipinski definition) is 3. The van der Waals surface area contributed by atoms with Crippen LogP contribution in [-0.4, -0.2) is 20.2 Å². The number of anilines is 1. The highest BCUT2D eigenvalue weighted by Gasteiger charge is 2.23. The minimum atomic E-state index is 0.654. The summed E-state index contributed by atoms with van der Waals surface area (Å²) in [6.07, 6.45) is 2.41. The summed E-state index contributed by atoms with van der Waals surface area (Å²) in [4.78, 5) is 3.95. The summed E-state index contributed by atoms with van der Waals surface area (Å²) in [6, 6.07) is 21.6. The summed E-state index contributed by atoms with van der Waals surface area (Å²) in [5.74, 6) is 1.59. The number of hydrogen-bond donors (Lipinski definition) is 0. The Morgan fingerprint density at radius 1 is 0.920 bits per heavy atom. The molecule has 0 aliphatic carbocycles. The smallest absolute Gasteiger partial charge is 0.118 e. The fourth-order valence-corrected chi connectivity index (χ4v) is 4.61. The van der Waals surface area contributed by atoms with Crippen LogP contribution in [0.5, 0.6) is 5.75 Å². The Hall–Kier alpha value is -2.26. The van der Waals surface area contributed by atoms with Gasteiger partial charge in [-0.1, -0.05) is 42.5 Å². The van der Waals surface area contributed by atoms with E-state index in [2.05, 4.69) is 70.9 Å². The lowest BCUT2D eigenvalue weighted by Crippen LogP contribution is -2.32. The average Bonchev–Trinajstić information content (AvgIpc) is 3.19. The number of rotatable bonds is 4. The minimum Gasteiger partial charge on any atom is -0.497 e. The quantitative estimate of drug-likeness (QED) is 0.589. The topological polar surface area (TPSA) is 12.5 Å². The molecule has 128 valence electrons. The van der Waals surface area contributed by atoms with E-state index in [4.69, 9.17) is 4.74 Å². The molecule has 0 unspecified atom stereocenters. The van der Waals surface area contributed by atoms with E-state index < -0.39 is 0 Å². The van der Waals surface area contributed by atoms with Crippen molar-refractivity contribution in [1.29, 1.82) is 0 Å². The van der Waals surface area contributed by atoms with E-state index in [0.29, 0.717) is 5.92 Å². The number of piperidine rings is 1. The third-order valence-corrected chi connectivity index (χ3v) is 6.06. The SMILES string of the molecule is COc1ccc(C2CCN(c3ccsc3-c3ccccc3)CC2)cc1. The summed E-state index contributed by atoms with van der Waals surface area (Å²) in [7, 11) is 1.72. The Morgan fingerprint density at radius 2 is 1.64 bits per heavy atom. The van der Waals surface area contributed by atoms with Gasteiger partial charge in [-0.05, 0) is 53.5 Å². The highest BCUT2D eigenvalue weighted by molar-refractivity contribution is 7.14. The monoisotopic (exact) mass is 349 g/mol. The van der Waals surface area contributed by atoms with Crippen molar-refractivity contribution >= 4 is 17.0 Å². The van der Waals surface area contributed by atoms with Crippen LogP contribution in [0.4, 0.5) is 5.69 Å². The molecular weight excluding hydrogens is 326 g/mol. The van der Waals surface area contributed by atoms with Gasteiger partial charge in [0, 0.05) is 13.1 Å². The number of ether oxygens (including phenoxy) is 1. The maximum atomic E-state index is 5.27. The lowest BCUT2D eigenvalue weighted by Gasteiger charge is -2.34. The normalized spacial score (nSPS) is 15.3. The predicted molar refractivity (Wildman–Crippen MR) is 107 cm³/mol. The van der Waals surface area contributed by atoms with E-state index in [1.807, 2.05) is 11.3 Å². The molecule has 0 saturated carbocycles. The minimum absolute atomic E-state index is 0.654. The van der Waals surface area contributed by atoms with Crippen LogP contribution in [0, 0.1) is 0 Å². The van der Waals surface area contributed by atoms with Crippen LogP contribution in [0.2, 0.25) is 0 Å².